The van der Waals surface area contributed by atoms with Gasteiger partial charge >= 0.3 is 55.1 Å². The molecule has 0 saturated carbocycles. The van der Waals surface area contributed by atoms with Crippen molar-refractivity contribution < 1.29 is 18.9 Å². The molecular formula is C9H18N2O3P+. The fourth-order valence-corrected chi connectivity index (χ4v) is 1.30. The summed E-state index contributed by atoms with van der Waals surface area (Å²) in [6.07, 6.45) is 1.76. The van der Waals surface area contributed by atoms with Crippen molar-refractivity contribution in [2.75, 3.05) is 33.8 Å². The Morgan fingerprint density at radius 1 is 1.60 bits per heavy atom. The molecule has 0 aromatic rings. The zero-order valence-corrected chi connectivity index (χ0v) is 10.1. The molecule has 0 bridgehead atoms. The summed E-state index contributed by atoms with van der Waals surface area (Å²) in [5.41, 5.74) is 0. The van der Waals surface area contributed by atoms with E-state index in [9.17, 15) is 9.36 Å². The molecule has 1 heterocycles. The molecule has 15 heavy (non-hydrogen) atoms. The molecule has 1 amide bonds. The van der Waals surface area contributed by atoms with Gasteiger partial charge in [0.15, 0.2) is 0 Å². The second-order valence-corrected chi connectivity index (χ2v) is 4.16. The molecule has 1 aliphatic heterocycles. The number of nitrogens with one attached hydrogen (secondary N) is 1. The van der Waals surface area contributed by atoms with Crippen LogP contribution in [0.3, 0.4) is 0 Å². The minimum absolute atomic E-state index is 0.0928. The number of rotatable bonds is 2. The number of quaternary nitrogens is 1. The first kappa shape index (κ1) is 14.4. The van der Waals surface area contributed by atoms with E-state index >= 15 is 0 Å². The van der Waals surface area contributed by atoms with Gasteiger partial charge in [-0.3, -0.25) is 4.79 Å². The van der Waals surface area contributed by atoms with Gasteiger partial charge in [0.2, 0.25) is 5.91 Å². The van der Waals surface area contributed by atoms with E-state index in [-0.39, 0.29) is 20.4 Å². The van der Waals surface area contributed by atoms with Crippen LogP contribution in [0, 0.1) is 5.75 Å². The minimum Gasteiger partial charge on any atom is -0.356 e. The summed E-state index contributed by atoms with van der Waals surface area (Å²) in [4.78, 5) is 10.1. The topological polar surface area (TPSA) is 66.4 Å². The third kappa shape index (κ3) is 8.40. The van der Waals surface area contributed by atoms with Gasteiger partial charge in [0, 0.05) is 13.0 Å². The Bertz CT molecular complexity index is 289. The van der Waals surface area contributed by atoms with Crippen LogP contribution in [0.4, 0.5) is 0 Å². The normalized spacial score (nSPS) is 14.7. The van der Waals surface area contributed by atoms with Crippen LogP contribution in [-0.2, 0) is 9.36 Å². The van der Waals surface area contributed by atoms with E-state index in [1.54, 1.807) is 0 Å². The second kappa shape index (κ2) is 7.66. The fraction of sp³-hybridized carbons (Fsp3) is 0.778. The third-order valence-corrected chi connectivity index (χ3v) is 2.50. The van der Waals surface area contributed by atoms with Gasteiger partial charge in [0.25, 0.3) is 0 Å². The van der Waals surface area contributed by atoms with E-state index < -0.39 is 0 Å². The molecule has 0 unspecified atom stereocenters. The van der Waals surface area contributed by atoms with Crippen molar-refractivity contribution in [3.63, 3.8) is 0 Å². The number of amides is 1. The Hall–Kier alpha value is -0.600. The van der Waals surface area contributed by atoms with Crippen molar-refractivity contribution in [3.8, 4) is 5.75 Å². The van der Waals surface area contributed by atoms with Crippen LogP contribution in [0.25, 0.3) is 0 Å². The first-order valence-corrected chi connectivity index (χ1v) is 5.63. The number of aliphatic hydroxyl groups excluding tert-OH is 1. The minimum atomic E-state index is -0.105. The van der Waals surface area contributed by atoms with Crippen LogP contribution >= 0.6 is 7.92 Å². The van der Waals surface area contributed by atoms with Crippen molar-refractivity contribution in [2.24, 2.45) is 0 Å². The maximum absolute atomic E-state index is 10.1. The molecule has 1 fully saturated rings. The molecule has 0 spiro atoms. The van der Waals surface area contributed by atoms with Gasteiger partial charge in [-0.1, -0.05) is 0 Å². The number of nitrogens with zero attached hydrogens (tertiary/aromatic N) is 1. The van der Waals surface area contributed by atoms with Gasteiger partial charge < -0.3 is 5.32 Å². The number of hydrogen-bond acceptors (Lipinski definition) is 3. The summed E-state index contributed by atoms with van der Waals surface area (Å²) in [5, 5.41) is 11.1. The van der Waals surface area contributed by atoms with Gasteiger partial charge in [-0.25, -0.2) is 0 Å². The van der Waals surface area contributed by atoms with E-state index in [1.807, 2.05) is 14.1 Å². The molecule has 6 heteroatoms. The summed E-state index contributed by atoms with van der Waals surface area (Å²) in [6.45, 7) is 1.53. The van der Waals surface area contributed by atoms with Crippen LogP contribution in [0.1, 0.15) is 12.8 Å². The largest absolute Gasteiger partial charge is 0.356 e. The summed E-state index contributed by atoms with van der Waals surface area (Å²) < 4.78 is 10.3. The summed E-state index contributed by atoms with van der Waals surface area (Å²) in [5.74, 6) is 2.82. The maximum atomic E-state index is 10.1. The molecule has 1 saturated heterocycles. The monoisotopic (exact) mass is 233 g/mol. The van der Waals surface area contributed by atoms with Crippen LogP contribution in [-0.4, -0.2) is 49.3 Å². The molecule has 86 valence electrons. The first-order chi connectivity index (χ1) is 7.02. The zero-order chi connectivity index (χ0) is 11.7. The van der Waals surface area contributed by atoms with E-state index in [4.69, 9.17) is 5.11 Å². The first-order valence-electron chi connectivity index (χ1n) is 4.82. The summed E-state index contributed by atoms with van der Waals surface area (Å²) in [7, 11) is 3.54. The van der Waals surface area contributed by atoms with Crippen LogP contribution in [0.5, 0.6) is 0 Å². The smallest absolute Gasteiger partial charge is 0.220 e. The average molecular weight is 233 g/mol. The predicted molar refractivity (Wildman–Crippen MR) is 57.8 cm³/mol. The van der Waals surface area contributed by atoms with Gasteiger partial charge in [-0.15, -0.1) is 0 Å². The van der Waals surface area contributed by atoms with Crippen molar-refractivity contribution in [3.05, 3.63) is 0 Å². The van der Waals surface area contributed by atoms with Gasteiger partial charge in [-0.2, -0.15) is 0 Å². The van der Waals surface area contributed by atoms with Crippen molar-refractivity contribution in [1.82, 2.24) is 5.32 Å². The molecular weight excluding hydrogens is 215 g/mol. The number of hydrogen-bond donors (Lipinski definition) is 2. The van der Waals surface area contributed by atoms with Gasteiger partial charge in [0.05, 0.1) is 0 Å². The van der Waals surface area contributed by atoms with Gasteiger partial charge in [0.1, 0.15) is 0 Å². The Balaban J connectivity index is 0.000000280. The van der Waals surface area contributed by atoms with E-state index in [0.29, 0.717) is 11.0 Å². The molecule has 2 N–H and O–H groups in total. The Morgan fingerprint density at radius 3 is 2.53 bits per heavy atom. The van der Waals surface area contributed by atoms with E-state index in [0.717, 1.165) is 19.4 Å². The van der Waals surface area contributed by atoms with Crippen molar-refractivity contribution in [1.29, 1.82) is 0 Å². The Kier molecular flexibility index (Phi) is 7.35. The standard InChI is InChI=1S/C5H11NO2P.C4H7NO/c1-6(2,3-4-7)5-9-8;6-4-2-1-3-5-4/h7H,3-4H2,1-2H3;1-3H2,(H,5,6)/q+1;. The summed E-state index contributed by atoms with van der Waals surface area (Å²) in [6, 6.07) is 0. The Labute approximate surface area is 91.2 Å². The maximum Gasteiger partial charge on any atom is 0.220 e. The number of carbonyl (C=O) groups is 1. The third-order valence-electron chi connectivity index (χ3n) is 1.87. The molecule has 0 aromatic heterocycles. The van der Waals surface area contributed by atoms with E-state index in [2.05, 4.69) is 11.1 Å². The predicted octanol–water partition coefficient (Wildman–Crippen LogP) is 0.160. The molecule has 5 nitrogen and oxygen atoms in total. The molecule has 0 aromatic carbocycles. The molecule has 1 rings (SSSR count). The number of carbonyl (C=O) groups excluding carboxylic acids is 1. The van der Waals surface area contributed by atoms with E-state index in [1.165, 1.54) is 0 Å². The average Bonchev–Trinajstić information content (AvgIpc) is 2.56. The van der Waals surface area contributed by atoms with Crippen LogP contribution in [0.15, 0.2) is 0 Å². The van der Waals surface area contributed by atoms with Crippen LogP contribution in [0.2, 0.25) is 0 Å². The van der Waals surface area contributed by atoms with Crippen molar-refractivity contribution in [2.45, 2.75) is 12.8 Å². The zero-order valence-electron chi connectivity index (χ0n) is 9.19. The fourth-order valence-electron chi connectivity index (χ4n) is 0.976. The Morgan fingerprint density at radius 2 is 2.27 bits per heavy atom. The molecule has 0 atom stereocenters. The van der Waals surface area contributed by atoms with Gasteiger partial charge in [-0.05, 0) is 6.42 Å². The molecule has 1 aliphatic rings. The molecule has 0 radical (unpaired) electrons. The molecule has 0 aliphatic carbocycles. The number of aliphatic hydroxyl groups is 1. The number of likely N-dealkylation sites (N-methyl/N-ethyl adjacent to an activating group) is 1. The van der Waals surface area contributed by atoms with Crippen LogP contribution < -0.4 is 5.32 Å². The quantitative estimate of drug-likeness (QED) is 0.527. The second-order valence-electron chi connectivity index (χ2n) is 3.78. The summed E-state index contributed by atoms with van der Waals surface area (Å²) >= 11 is 0. The van der Waals surface area contributed by atoms with Crippen molar-refractivity contribution >= 4 is 13.8 Å². The SMILES string of the molecule is C[N+](C)(C#P=O)CCO.O=C1CCCN1.